The van der Waals surface area contributed by atoms with Gasteiger partial charge in [-0.2, -0.15) is 10.4 Å². The number of unbranched alkanes of at least 4 members (excludes halogenated alkanes) is 1. The van der Waals surface area contributed by atoms with Crippen LogP contribution in [0, 0.1) is 11.3 Å². The molecule has 134 valence electrons. The van der Waals surface area contributed by atoms with Gasteiger partial charge in [0.05, 0.1) is 17.1 Å². The molecule has 3 N–H and O–H groups in total. The molecule has 25 heavy (non-hydrogen) atoms. The molecule has 7 nitrogen and oxygen atoms in total. The number of nitrogens with zero attached hydrogens (tertiary/aromatic N) is 3. The van der Waals surface area contributed by atoms with E-state index in [1.807, 2.05) is 37.3 Å². The summed E-state index contributed by atoms with van der Waals surface area (Å²) < 4.78 is 27.6. The summed E-state index contributed by atoms with van der Waals surface area (Å²) in [4.78, 5) is 0. The molecule has 2 rings (SSSR count). The Balaban J connectivity index is 2.02. The summed E-state index contributed by atoms with van der Waals surface area (Å²) in [7, 11) is -3.23. The van der Waals surface area contributed by atoms with E-state index >= 15 is 0 Å². The van der Waals surface area contributed by atoms with Crippen molar-refractivity contribution in [1.82, 2.24) is 14.5 Å². The molecule has 2 aromatic rings. The number of nitrogen functional groups attached to an aromatic ring is 1. The number of benzene rings is 1. The lowest BCUT2D eigenvalue weighted by Gasteiger charge is -2.05. The number of nitriles is 1. The number of nitrogens with one attached hydrogen (secondary N) is 1. The lowest BCUT2D eigenvalue weighted by molar-refractivity contribution is 0.575. The molecule has 8 heteroatoms. The Kier molecular flexibility index (Phi) is 6.56. The zero-order valence-electron chi connectivity index (χ0n) is 14.3. The highest BCUT2D eigenvalue weighted by Gasteiger charge is 2.16. The molecule has 0 bridgehead atoms. The van der Waals surface area contributed by atoms with Gasteiger partial charge in [-0.15, -0.1) is 0 Å². The van der Waals surface area contributed by atoms with Gasteiger partial charge in [0, 0.05) is 6.54 Å². The van der Waals surface area contributed by atoms with Crippen LogP contribution in [-0.4, -0.2) is 30.5 Å². The second-order valence-corrected chi connectivity index (χ2v) is 7.66. The lowest BCUT2D eigenvalue weighted by atomic mass is 10.1. The highest BCUT2D eigenvalue weighted by molar-refractivity contribution is 7.89. The molecule has 0 aliphatic heterocycles. The maximum atomic E-state index is 11.8. The standard InChI is InChI=1S/C17H23N5O2S/c1-2-3-12-25(23,24)20-11-7-10-16-15(13-18)17(19)22(21-16)14-8-5-4-6-9-14/h4-6,8-9,20H,2-3,7,10-12,19H2,1H3. The van der Waals surface area contributed by atoms with E-state index in [0.29, 0.717) is 42.9 Å². The average Bonchev–Trinajstić information content (AvgIpc) is 2.93. The van der Waals surface area contributed by atoms with Crippen LogP contribution >= 0.6 is 0 Å². The molecular weight excluding hydrogens is 338 g/mol. The minimum absolute atomic E-state index is 0.141. The summed E-state index contributed by atoms with van der Waals surface area (Å²) in [6, 6.07) is 11.4. The summed E-state index contributed by atoms with van der Waals surface area (Å²) in [5.41, 5.74) is 7.75. The fourth-order valence-corrected chi connectivity index (χ4v) is 3.70. The van der Waals surface area contributed by atoms with Crippen molar-refractivity contribution in [3.05, 3.63) is 41.6 Å². The monoisotopic (exact) mass is 361 g/mol. The van der Waals surface area contributed by atoms with Gasteiger partial charge in [0.2, 0.25) is 10.0 Å². The summed E-state index contributed by atoms with van der Waals surface area (Å²) >= 11 is 0. The van der Waals surface area contributed by atoms with E-state index in [2.05, 4.69) is 15.9 Å². The Morgan fingerprint density at radius 1 is 1.28 bits per heavy atom. The number of nitrogens with two attached hydrogens (primary N) is 1. The Labute approximate surface area is 148 Å². The fourth-order valence-electron chi connectivity index (χ4n) is 2.43. The topological polar surface area (TPSA) is 114 Å². The smallest absolute Gasteiger partial charge is 0.211 e. The van der Waals surface area contributed by atoms with Gasteiger partial charge in [0.15, 0.2) is 0 Å². The van der Waals surface area contributed by atoms with Crippen LogP contribution in [0.15, 0.2) is 30.3 Å². The van der Waals surface area contributed by atoms with E-state index in [4.69, 9.17) is 5.73 Å². The van der Waals surface area contributed by atoms with Crippen LogP contribution < -0.4 is 10.5 Å². The van der Waals surface area contributed by atoms with Crippen LogP contribution in [-0.2, 0) is 16.4 Å². The molecular formula is C17H23N5O2S. The first-order valence-electron chi connectivity index (χ1n) is 8.28. The zero-order valence-corrected chi connectivity index (χ0v) is 15.1. The van der Waals surface area contributed by atoms with E-state index in [-0.39, 0.29) is 5.75 Å². The SMILES string of the molecule is CCCCS(=O)(=O)NCCCc1nn(-c2ccccc2)c(N)c1C#N. The molecule has 0 fully saturated rings. The predicted molar refractivity (Wildman–Crippen MR) is 97.7 cm³/mol. The van der Waals surface area contributed by atoms with E-state index < -0.39 is 10.0 Å². The van der Waals surface area contributed by atoms with Gasteiger partial charge in [0.1, 0.15) is 17.5 Å². The second-order valence-electron chi connectivity index (χ2n) is 5.74. The maximum Gasteiger partial charge on any atom is 0.211 e. The first-order valence-corrected chi connectivity index (χ1v) is 9.94. The molecule has 0 spiro atoms. The van der Waals surface area contributed by atoms with Crippen molar-refractivity contribution in [2.75, 3.05) is 18.0 Å². The fraction of sp³-hybridized carbons (Fsp3) is 0.412. The molecule has 1 aromatic heterocycles. The van der Waals surface area contributed by atoms with Gasteiger partial charge in [-0.05, 0) is 31.4 Å². The minimum Gasteiger partial charge on any atom is -0.382 e. The molecule has 0 saturated carbocycles. The Morgan fingerprint density at radius 2 is 2.00 bits per heavy atom. The van der Waals surface area contributed by atoms with Crippen molar-refractivity contribution < 1.29 is 8.42 Å². The third-order valence-electron chi connectivity index (χ3n) is 3.79. The summed E-state index contributed by atoms with van der Waals surface area (Å²) in [6.45, 7) is 2.27. The number of anilines is 1. The van der Waals surface area contributed by atoms with Crippen LogP contribution in [0.3, 0.4) is 0 Å². The first-order chi connectivity index (χ1) is 12.0. The average molecular weight is 361 g/mol. The zero-order chi connectivity index (χ0) is 18.3. The first kappa shape index (κ1) is 19.0. The van der Waals surface area contributed by atoms with Crippen molar-refractivity contribution in [3.8, 4) is 11.8 Å². The van der Waals surface area contributed by atoms with Gasteiger partial charge >= 0.3 is 0 Å². The molecule has 1 aromatic carbocycles. The van der Waals surface area contributed by atoms with E-state index in [0.717, 1.165) is 12.1 Å². The van der Waals surface area contributed by atoms with Gasteiger partial charge in [-0.25, -0.2) is 17.8 Å². The minimum atomic E-state index is -3.23. The molecule has 0 saturated heterocycles. The second kappa shape index (κ2) is 8.65. The molecule has 0 unspecified atom stereocenters. The summed E-state index contributed by atoms with van der Waals surface area (Å²) in [5, 5.41) is 13.8. The van der Waals surface area contributed by atoms with Gasteiger partial charge in [0.25, 0.3) is 0 Å². The van der Waals surface area contributed by atoms with Crippen molar-refractivity contribution >= 4 is 15.8 Å². The van der Waals surface area contributed by atoms with Crippen molar-refractivity contribution in [2.24, 2.45) is 0 Å². The molecule has 0 aliphatic carbocycles. The number of aryl methyl sites for hydroxylation is 1. The highest BCUT2D eigenvalue weighted by atomic mass is 32.2. The Morgan fingerprint density at radius 3 is 2.64 bits per heavy atom. The van der Waals surface area contributed by atoms with E-state index in [1.165, 1.54) is 0 Å². The van der Waals surface area contributed by atoms with E-state index in [9.17, 15) is 13.7 Å². The highest BCUT2D eigenvalue weighted by Crippen LogP contribution is 2.21. The molecule has 0 aliphatic rings. The van der Waals surface area contributed by atoms with Crippen LogP contribution in [0.5, 0.6) is 0 Å². The number of para-hydroxylation sites is 1. The largest absolute Gasteiger partial charge is 0.382 e. The Hall–Kier alpha value is -2.37. The molecule has 0 radical (unpaired) electrons. The van der Waals surface area contributed by atoms with E-state index in [1.54, 1.807) is 4.68 Å². The van der Waals surface area contributed by atoms with Crippen LogP contribution in [0.25, 0.3) is 5.69 Å². The van der Waals surface area contributed by atoms with Crippen LogP contribution in [0.2, 0.25) is 0 Å². The number of aromatic nitrogens is 2. The summed E-state index contributed by atoms with van der Waals surface area (Å²) in [5.74, 6) is 0.440. The van der Waals surface area contributed by atoms with Gasteiger partial charge in [-0.1, -0.05) is 31.5 Å². The maximum absolute atomic E-state index is 11.8. The molecule has 0 amide bonds. The number of hydrogen-bond donors (Lipinski definition) is 2. The van der Waals surface area contributed by atoms with Crippen LogP contribution in [0.1, 0.15) is 37.4 Å². The Bertz CT molecular complexity index is 838. The van der Waals surface area contributed by atoms with Gasteiger partial charge in [-0.3, -0.25) is 0 Å². The normalized spacial score (nSPS) is 11.4. The number of rotatable bonds is 9. The lowest BCUT2D eigenvalue weighted by Crippen LogP contribution is -2.27. The molecule has 0 atom stereocenters. The summed E-state index contributed by atoms with van der Waals surface area (Å²) in [6.07, 6.45) is 2.50. The predicted octanol–water partition coefficient (Wildman–Crippen LogP) is 1.98. The van der Waals surface area contributed by atoms with Crippen molar-refractivity contribution in [3.63, 3.8) is 0 Å². The van der Waals surface area contributed by atoms with Crippen molar-refractivity contribution in [2.45, 2.75) is 32.6 Å². The van der Waals surface area contributed by atoms with Gasteiger partial charge < -0.3 is 5.73 Å². The quantitative estimate of drug-likeness (QED) is 0.663. The van der Waals surface area contributed by atoms with Crippen LogP contribution in [0.4, 0.5) is 5.82 Å². The number of hydrogen-bond acceptors (Lipinski definition) is 5. The third kappa shape index (κ3) is 5.05. The molecule has 1 heterocycles. The third-order valence-corrected chi connectivity index (χ3v) is 5.26. The van der Waals surface area contributed by atoms with Crippen molar-refractivity contribution in [1.29, 1.82) is 5.26 Å². The number of sulfonamides is 1.